The lowest BCUT2D eigenvalue weighted by atomic mass is 9.94. The van der Waals surface area contributed by atoms with Crippen LogP contribution in [0.2, 0.25) is 0 Å². The highest BCUT2D eigenvalue weighted by molar-refractivity contribution is 7.12. The molecule has 1 atom stereocenters. The van der Waals surface area contributed by atoms with Crippen LogP contribution >= 0.6 is 11.3 Å². The topological polar surface area (TPSA) is 12.0 Å². The third kappa shape index (κ3) is 2.74. The summed E-state index contributed by atoms with van der Waals surface area (Å²) < 4.78 is 0. The largest absolute Gasteiger partial charge is 0.306 e. The average molecular weight is 295 g/mol. The summed E-state index contributed by atoms with van der Waals surface area (Å²) in [6, 6.07) is 17.8. The molecule has 1 N–H and O–H groups in total. The van der Waals surface area contributed by atoms with Crippen LogP contribution in [0.15, 0.2) is 48.5 Å². The van der Waals surface area contributed by atoms with Gasteiger partial charge in [-0.05, 0) is 48.4 Å². The number of benzene rings is 2. The van der Waals surface area contributed by atoms with E-state index in [4.69, 9.17) is 0 Å². The minimum Gasteiger partial charge on any atom is -0.306 e. The third-order valence-corrected chi connectivity index (χ3v) is 4.91. The Morgan fingerprint density at radius 1 is 1.00 bits per heavy atom. The maximum atomic E-state index is 3.67. The van der Waals surface area contributed by atoms with Gasteiger partial charge in [0.15, 0.2) is 0 Å². The van der Waals surface area contributed by atoms with Crippen LogP contribution in [-0.4, -0.2) is 6.54 Å². The summed E-state index contributed by atoms with van der Waals surface area (Å²) in [4.78, 5) is 2.79. The number of thiophene rings is 1. The molecule has 0 saturated heterocycles. The zero-order valence-corrected chi connectivity index (χ0v) is 13.6. The maximum Gasteiger partial charge on any atom is 0.0593 e. The Kier molecular flexibility index (Phi) is 4.09. The zero-order chi connectivity index (χ0) is 14.8. The number of nitrogens with one attached hydrogen (secondary N) is 1. The molecule has 0 radical (unpaired) electrons. The van der Waals surface area contributed by atoms with E-state index in [1.54, 1.807) is 0 Å². The fraction of sp³-hybridized carbons (Fsp3) is 0.263. The van der Waals surface area contributed by atoms with Gasteiger partial charge in [-0.15, -0.1) is 11.3 Å². The van der Waals surface area contributed by atoms with Crippen LogP contribution in [-0.2, 0) is 0 Å². The van der Waals surface area contributed by atoms with E-state index in [-0.39, 0.29) is 6.04 Å². The van der Waals surface area contributed by atoms with E-state index in [1.165, 1.54) is 31.7 Å². The highest BCUT2D eigenvalue weighted by Crippen LogP contribution is 2.34. The Bertz CT molecular complexity index is 752. The Morgan fingerprint density at radius 3 is 2.48 bits per heavy atom. The molecule has 0 spiro atoms. The van der Waals surface area contributed by atoms with E-state index >= 15 is 0 Å². The van der Waals surface area contributed by atoms with Crippen molar-refractivity contribution in [1.29, 1.82) is 0 Å². The minimum absolute atomic E-state index is 0.269. The van der Waals surface area contributed by atoms with Crippen molar-refractivity contribution in [3.8, 4) is 0 Å². The Hall–Kier alpha value is -1.64. The van der Waals surface area contributed by atoms with Crippen molar-refractivity contribution in [1.82, 2.24) is 5.32 Å². The summed E-state index contributed by atoms with van der Waals surface area (Å²) in [5.74, 6) is 0. The van der Waals surface area contributed by atoms with Gasteiger partial charge in [0.25, 0.3) is 0 Å². The van der Waals surface area contributed by atoms with Crippen molar-refractivity contribution in [3.05, 3.63) is 69.4 Å². The zero-order valence-electron chi connectivity index (χ0n) is 12.8. The molecule has 0 aliphatic heterocycles. The monoisotopic (exact) mass is 295 g/mol. The van der Waals surface area contributed by atoms with Gasteiger partial charge in [0.05, 0.1) is 6.04 Å². The lowest BCUT2D eigenvalue weighted by molar-refractivity contribution is 0.633. The molecule has 0 aliphatic carbocycles. The smallest absolute Gasteiger partial charge is 0.0593 e. The van der Waals surface area contributed by atoms with Crippen molar-refractivity contribution in [2.24, 2.45) is 0 Å². The van der Waals surface area contributed by atoms with Gasteiger partial charge >= 0.3 is 0 Å². The first-order chi connectivity index (χ1) is 10.2. The molecule has 3 aromatic rings. The van der Waals surface area contributed by atoms with E-state index < -0.39 is 0 Å². The maximum absolute atomic E-state index is 3.67. The quantitative estimate of drug-likeness (QED) is 0.696. The van der Waals surface area contributed by atoms with E-state index in [0.29, 0.717) is 0 Å². The molecular formula is C19H21NS. The van der Waals surface area contributed by atoms with Gasteiger partial charge in [-0.3, -0.25) is 0 Å². The van der Waals surface area contributed by atoms with Gasteiger partial charge in [0.2, 0.25) is 0 Å². The molecule has 1 unspecified atom stereocenters. The molecule has 0 amide bonds. The van der Waals surface area contributed by atoms with Crippen LogP contribution in [0.5, 0.6) is 0 Å². The van der Waals surface area contributed by atoms with Crippen LogP contribution in [0.25, 0.3) is 10.8 Å². The number of aryl methyl sites for hydroxylation is 2. The van der Waals surface area contributed by atoms with Gasteiger partial charge in [-0.1, -0.05) is 49.4 Å². The molecule has 1 aromatic heterocycles. The fourth-order valence-corrected chi connectivity index (χ4v) is 3.99. The Balaban J connectivity index is 2.18. The van der Waals surface area contributed by atoms with E-state index in [2.05, 4.69) is 74.6 Å². The molecule has 1 heterocycles. The molecule has 0 aliphatic rings. The number of hydrogen-bond donors (Lipinski definition) is 1. The second-order valence-electron chi connectivity index (χ2n) is 5.43. The SMILES string of the molecule is CCNC(c1cc(C)sc1C)c1cccc2ccccc12. The van der Waals surface area contributed by atoms with Gasteiger partial charge in [-0.2, -0.15) is 0 Å². The second kappa shape index (κ2) is 6.00. The Labute approximate surface area is 130 Å². The van der Waals surface area contributed by atoms with Crippen LogP contribution in [0.1, 0.15) is 33.8 Å². The third-order valence-electron chi connectivity index (χ3n) is 3.93. The molecule has 3 rings (SSSR count). The first kappa shape index (κ1) is 14.3. The van der Waals surface area contributed by atoms with Crippen molar-refractivity contribution in [2.75, 3.05) is 6.54 Å². The minimum atomic E-state index is 0.269. The van der Waals surface area contributed by atoms with Crippen molar-refractivity contribution in [2.45, 2.75) is 26.8 Å². The average Bonchev–Trinajstić information content (AvgIpc) is 2.83. The molecule has 1 nitrogen and oxygen atoms in total. The van der Waals surface area contributed by atoms with Gasteiger partial charge in [-0.25, -0.2) is 0 Å². The van der Waals surface area contributed by atoms with Gasteiger partial charge in [0.1, 0.15) is 0 Å². The van der Waals surface area contributed by atoms with Crippen LogP contribution in [0.3, 0.4) is 0 Å². The standard InChI is InChI=1S/C19H21NS/c1-4-20-19(18-12-13(2)21-14(18)3)17-11-7-9-15-8-5-6-10-16(15)17/h5-12,19-20H,4H2,1-3H3. The van der Waals surface area contributed by atoms with Crippen LogP contribution < -0.4 is 5.32 Å². The van der Waals surface area contributed by atoms with E-state index in [9.17, 15) is 0 Å². The first-order valence-electron chi connectivity index (χ1n) is 7.48. The van der Waals surface area contributed by atoms with Crippen LogP contribution in [0, 0.1) is 13.8 Å². The second-order valence-corrected chi connectivity index (χ2v) is 6.89. The molecule has 0 fully saturated rings. The number of fused-ring (bicyclic) bond motifs is 1. The van der Waals surface area contributed by atoms with Crippen molar-refractivity contribution in [3.63, 3.8) is 0 Å². The fourth-order valence-electron chi connectivity index (χ4n) is 3.03. The van der Waals surface area contributed by atoms with Gasteiger partial charge < -0.3 is 5.32 Å². The molecule has 108 valence electrons. The number of hydrogen-bond acceptors (Lipinski definition) is 2. The summed E-state index contributed by atoms with van der Waals surface area (Å²) in [7, 11) is 0. The van der Waals surface area contributed by atoms with Gasteiger partial charge in [0, 0.05) is 9.75 Å². The molecule has 2 heteroatoms. The summed E-state index contributed by atoms with van der Waals surface area (Å²) in [5, 5.41) is 6.32. The first-order valence-corrected chi connectivity index (χ1v) is 8.30. The number of rotatable bonds is 4. The van der Waals surface area contributed by atoms with Crippen molar-refractivity contribution >= 4 is 22.1 Å². The lowest BCUT2D eigenvalue weighted by Crippen LogP contribution is -2.22. The highest BCUT2D eigenvalue weighted by atomic mass is 32.1. The summed E-state index contributed by atoms with van der Waals surface area (Å²) >= 11 is 1.88. The summed E-state index contributed by atoms with van der Waals surface area (Å²) in [5.41, 5.74) is 2.78. The predicted octanol–water partition coefficient (Wildman–Crippen LogP) is 5.22. The molecule has 0 bridgehead atoms. The highest BCUT2D eigenvalue weighted by Gasteiger charge is 2.18. The Morgan fingerprint density at radius 2 is 1.76 bits per heavy atom. The normalized spacial score (nSPS) is 12.7. The van der Waals surface area contributed by atoms with Crippen LogP contribution in [0.4, 0.5) is 0 Å². The summed E-state index contributed by atoms with van der Waals surface area (Å²) in [6.07, 6.45) is 0. The molecule has 21 heavy (non-hydrogen) atoms. The van der Waals surface area contributed by atoms with E-state index in [1.807, 2.05) is 11.3 Å². The molecule has 0 saturated carbocycles. The van der Waals surface area contributed by atoms with E-state index in [0.717, 1.165) is 6.54 Å². The lowest BCUT2D eigenvalue weighted by Gasteiger charge is -2.20. The summed E-state index contributed by atoms with van der Waals surface area (Å²) in [6.45, 7) is 7.55. The molecular weight excluding hydrogens is 274 g/mol. The predicted molar refractivity (Wildman–Crippen MR) is 93.3 cm³/mol. The van der Waals surface area contributed by atoms with Crippen molar-refractivity contribution < 1.29 is 0 Å². The molecule has 2 aromatic carbocycles.